The summed E-state index contributed by atoms with van der Waals surface area (Å²) < 4.78 is 16.9. The van der Waals surface area contributed by atoms with Crippen LogP contribution in [0.3, 0.4) is 0 Å². The molecule has 0 aliphatic rings. The van der Waals surface area contributed by atoms with E-state index in [9.17, 15) is 0 Å². The Kier molecular flexibility index (Phi) is 16.6. The van der Waals surface area contributed by atoms with Crippen molar-refractivity contribution >= 4 is 8.80 Å². The molecule has 1 atom stereocenters. The molecule has 0 aliphatic heterocycles. The predicted molar refractivity (Wildman–Crippen MR) is 89.9 cm³/mol. The molecule has 0 aliphatic carbocycles. The van der Waals surface area contributed by atoms with E-state index >= 15 is 0 Å². The third-order valence-electron chi connectivity index (χ3n) is 2.68. The second-order valence-corrected chi connectivity index (χ2v) is 8.04. The first-order chi connectivity index (χ1) is 9.91. The lowest BCUT2D eigenvalue weighted by Crippen LogP contribution is -2.45. The van der Waals surface area contributed by atoms with Crippen LogP contribution in [0.1, 0.15) is 61.3 Å². The van der Waals surface area contributed by atoms with Crippen LogP contribution in [-0.4, -0.2) is 34.7 Å². The standard InChI is InChI=1S/C9H22O3Si.C6H15NO/c1-5-9-13(10-6-2,11-7-3)12-8-4;1-5(2)4-6(3)8-7/h5-9H2,1-4H3;5-6H,4,7H2,1-3H3. The van der Waals surface area contributed by atoms with Gasteiger partial charge in [-0.1, -0.05) is 27.2 Å². The Morgan fingerprint density at radius 2 is 1.29 bits per heavy atom. The van der Waals surface area contributed by atoms with Crippen LogP contribution < -0.4 is 5.90 Å². The SMILES string of the molecule is CC(C)CC(C)ON.CCC[Si](OCC)(OCC)OCC. The molecule has 0 fully saturated rings. The van der Waals surface area contributed by atoms with E-state index in [1.807, 2.05) is 27.7 Å². The molecule has 0 aromatic rings. The Morgan fingerprint density at radius 1 is 0.857 bits per heavy atom. The molecule has 21 heavy (non-hydrogen) atoms. The summed E-state index contributed by atoms with van der Waals surface area (Å²) in [4.78, 5) is 4.56. The lowest BCUT2D eigenvalue weighted by Gasteiger charge is -2.27. The van der Waals surface area contributed by atoms with E-state index in [1.165, 1.54) is 0 Å². The lowest BCUT2D eigenvalue weighted by atomic mass is 10.1. The van der Waals surface area contributed by atoms with Crippen molar-refractivity contribution in [1.29, 1.82) is 0 Å². The fourth-order valence-corrected chi connectivity index (χ4v) is 4.64. The highest BCUT2D eigenvalue weighted by Gasteiger charge is 2.38. The van der Waals surface area contributed by atoms with Crippen molar-refractivity contribution in [1.82, 2.24) is 0 Å². The van der Waals surface area contributed by atoms with Crippen LogP contribution in [0, 0.1) is 5.92 Å². The van der Waals surface area contributed by atoms with Crippen molar-refractivity contribution < 1.29 is 18.1 Å². The molecule has 2 N–H and O–H groups in total. The van der Waals surface area contributed by atoms with Gasteiger partial charge in [-0.05, 0) is 40.0 Å². The lowest BCUT2D eigenvalue weighted by molar-refractivity contribution is 0.0521. The molecular weight excluding hydrogens is 286 g/mol. The summed E-state index contributed by atoms with van der Waals surface area (Å²) in [7, 11) is -2.30. The molecular formula is C15H37NO4Si. The average Bonchev–Trinajstić information content (AvgIpc) is 2.40. The van der Waals surface area contributed by atoms with Gasteiger partial charge in [-0.15, -0.1) is 0 Å². The number of hydrogen-bond donors (Lipinski definition) is 1. The van der Waals surface area contributed by atoms with Gasteiger partial charge >= 0.3 is 8.80 Å². The van der Waals surface area contributed by atoms with Crippen molar-refractivity contribution in [2.75, 3.05) is 19.8 Å². The normalized spacial score (nSPS) is 13.0. The molecule has 0 spiro atoms. The second-order valence-electron chi connectivity index (χ2n) is 5.31. The summed E-state index contributed by atoms with van der Waals surface area (Å²) in [5.74, 6) is 5.59. The van der Waals surface area contributed by atoms with Gasteiger partial charge in [0.25, 0.3) is 0 Å². The van der Waals surface area contributed by atoms with Gasteiger partial charge in [-0.3, -0.25) is 0 Å². The zero-order chi connectivity index (χ0) is 16.7. The smallest absolute Gasteiger partial charge is 0.374 e. The molecule has 1 unspecified atom stereocenters. The maximum Gasteiger partial charge on any atom is 0.500 e. The monoisotopic (exact) mass is 323 g/mol. The van der Waals surface area contributed by atoms with Gasteiger partial charge in [-0.2, -0.15) is 0 Å². The van der Waals surface area contributed by atoms with Crippen LogP contribution >= 0.6 is 0 Å². The van der Waals surface area contributed by atoms with E-state index < -0.39 is 8.80 Å². The highest BCUT2D eigenvalue weighted by atomic mass is 28.4. The topological polar surface area (TPSA) is 62.9 Å². The molecule has 0 saturated carbocycles. The van der Waals surface area contributed by atoms with Crippen molar-refractivity contribution in [2.24, 2.45) is 11.8 Å². The summed E-state index contributed by atoms with van der Waals surface area (Å²) in [5, 5.41) is 0. The summed E-state index contributed by atoms with van der Waals surface area (Å²) in [6.45, 7) is 16.4. The second kappa shape index (κ2) is 14.9. The van der Waals surface area contributed by atoms with E-state index in [0.29, 0.717) is 25.7 Å². The van der Waals surface area contributed by atoms with E-state index in [1.54, 1.807) is 0 Å². The van der Waals surface area contributed by atoms with E-state index in [4.69, 9.17) is 19.2 Å². The van der Waals surface area contributed by atoms with Gasteiger partial charge in [0, 0.05) is 25.9 Å². The van der Waals surface area contributed by atoms with Gasteiger partial charge < -0.3 is 18.1 Å². The van der Waals surface area contributed by atoms with Crippen LogP contribution in [0.25, 0.3) is 0 Å². The van der Waals surface area contributed by atoms with E-state index in [0.717, 1.165) is 18.9 Å². The van der Waals surface area contributed by atoms with E-state index in [-0.39, 0.29) is 6.10 Å². The quantitative estimate of drug-likeness (QED) is 0.463. The summed E-state index contributed by atoms with van der Waals surface area (Å²) in [6, 6.07) is 0.919. The van der Waals surface area contributed by atoms with Gasteiger partial charge in [0.2, 0.25) is 0 Å². The van der Waals surface area contributed by atoms with Crippen LogP contribution in [0.4, 0.5) is 0 Å². The molecule has 6 heteroatoms. The zero-order valence-electron chi connectivity index (χ0n) is 15.1. The summed E-state index contributed by atoms with van der Waals surface area (Å²) >= 11 is 0. The maximum atomic E-state index is 5.65. The van der Waals surface area contributed by atoms with Crippen LogP contribution in [0.15, 0.2) is 0 Å². The van der Waals surface area contributed by atoms with Crippen LogP contribution in [0.2, 0.25) is 6.04 Å². The van der Waals surface area contributed by atoms with Crippen molar-refractivity contribution in [3.63, 3.8) is 0 Å². The average molecular weight is 324 g/mol. The van der Waals surface area contributed by atoms with Crippen molar-refractivity contribution in [3.05, 3.63) is 0 Å². The third-order valence-corrected chi connectivity index (χ3v) is 5.98. The molecule has 0 saturated heterocycles. The molecule has 0 radical (unpaired) electrons. The van der Waals surface area contributed by atoms with Crippen molar-refractivity contribution in [3.8, 4) is 0 Å². The van der Waals surface area contributed by atoms with Gasteiger partial charge in [0.1, 0.15) is 0 Å². The first kappa shape index (κ1) is 23.3. The fourth-order valence-electron chi connectivity index (χ4n) is 2.03. The first-order valence-corrected chi connectivity index (χ1v) is 10.1. The molecule has 130 valence electrons. The van der Waals surface area contributed by atoms with Gasteiger partial charge in [0.05, 0.1) is 6.10 Å². The molecule has 0 amide bonds. The Bertz CT molecular complexity index is 188. The minimum absolute atomic E-state index is 0.204. The third kappa shape index (κ3) is 13.4. The zero-order valence-corrected chi connectivity index (χ0v) is 16.1. The van der Waals surface area contributed by atoms with Crippen molar-refractivity contribution in [2.45, 2.75) is 73.5 Å². The Morgan fingerprint density at radius 3 is 1.48 bits per heavy atom. The number of rotatable bonds is 11. The Hall–Kier alpha value is 0.0169. The minimum Gasteiger partial charge on any atom is -0.374 e. The Balaban J connectivity index is 0. The molecule has 5 nitrogen and oxygen atoms in total. The molecule has 0 heterocycles. The fraction of sp³-hybridized carbons (Fsp3) is 1.00. The van der Waals surface area contributed by atoms with Gasteiger partial charge in [-0.25, -0.2) is 5.90 Å². The highest BCUT2D eigenvalue weighted by molar-refractivity contribution is 6.60. The largest absolute Gasteiger partial charge is 0.500 e. The molecule has 0 aromatic heterocycles. The number of nitrogens with two attached hydrogens (primary N) is 1. The minimum atomic E-state index is -2.30. The van der Waals surface area contributed by atoms with E-state index in [2.05, 4.69) is 25.6 Å². The predicted octanol–water partition coefficient (Wildman–Crippen LogP) is 3.76. The maximum absolute atomic E-state index is 5.65. The molecule has 0 aromatic carbocycles. The van der Waals surface area contributed by atoms with Crippen LogP contribution in [0.5, 0.6) is 0 Å². The summed E-state index contributed by atoms with van der Waals surface area (Å²) in [6.07, 6.45) is 2.29. The Labute approximate surface area is 132 Å². The molecule has 0 rings (SSSR count). The number of hydrogen-bond acceptors (Lipinski definition) is 5. The van der Waals surface area contributed by atoms with Crippen LogP contribution in [-0.2, 0) is 18.1 Å². The molecule has 0 bridgehead atoms. The van der Waals surface area contributed by atoms with Gasteiger partial charge in [0.15, 0.2) is 0 Å². The first-order valence-electron chi connectivity index (χ1n) is 8.18. The summed E-state index contributed by atoms with van der Waals surface area (Å²) in [5.41, 5.74) is 0. The highest BCUT2D eigenvalue weighted by Crippen LogP contribution is 2.17.